The van der Waals surface area contributed by atoms with Crippen LogP contribution in [0.25, 0.3) is 22.3 Å². The summed E-state index contributed by atoms with van der Waals surface area (Å²) in [6.45, 7) is 6.39. The second kappa shape index (κ2) is 12.4. The number of ether oxygens (including phenoxy) is 2. The molecule has 2 heterocycles. The first-order valence-electron chi connectivity index (χ1n) is 13.2. The van der Waals surface area contributed by atoms with Crippen molar-refractivity contribution in [3.05, 3.63) is 54.1 Å². The van der Waals surface area contributed by atoms with Gasteiger partial charge in [-0.2, -0.15) is 0 Å². The van der Waals surface area contributed by atoms with E-state index in [1.54, 1.807) is 0 Å². The molecule has 0 aliphatic carbocycles. The van der Waals surface area contributed by atoms with Gasteiger partial charge in [-0.15, -0.1) is 11.8 Å². The second-order valence-electron chi connectivity index (χ2n) is 10.0. The Labute approximate surface area is 214 Å². The minimum absolute atomic E-state index is 0.0745. The second-order valence-corrected chi connectivity index (χ2v) is 11.2. The maximum Gasteiger partial charge on any atom is 0.163 e. The lowest BCUT2D eigenvalue weighted by atomic mass is 10.0. The summed E-state index contributed by atoms with van der Waals surface area (Å²) in [6.07, 6.45) is 8.74. The van der Waals surface area contributed by atoms with Crippen LogP contribution in [0.5, 0.6) is 0 Å². The van der Waals surface area contributed by atoms with Gasteiger partial charge in [0.2, 0.25) is 0 Å². The molecule has 0 saturated carbocycles. The molecular formula is C30H40O4S. The van der Waals surface area contributed by atoms with E-state index >= 15 is 0 Å². The van der Waals surface area contributed by atoms with Crippen molar-refractivity contribution in [1.29, 1.82) is 0 Å². The highest BCUT2D eigenvalue weighted by Crippen LogP contribution is 2.34. The first-order chi connectivity index (χ1) is 17.0. The molecule has 1 aliphatic heterocycles. The van der Waals surface area contributed by atoms with E-state index in [4.69, 9.17) is 19.0 Å². The van der Waals surface area contributed by atoms with E-state index in [9.17, 15) is 0 Å². The molecule has 1 N–H and O–H groups in total. The average Bonchev–Trinajstić information content (AvgIpc) is 3.40. The average molecular weight is 497 g/mol. The number of aryl methyl sites for hydroxylation is 1. The third-order valence-electron chi connectivity index (χ3n) is 6.63. The number of aliphatic hydroxyl groups excluding tert-OH is 1. The van der Waals surface area contributed by atoms with Crippen molar-refractivity contribution < 1.29 is 19.0 Å². The number of hydrogen-bond donors (Lipinski definition) is 1. The lowest BCUT2D eigenvalue weighted by Gasteiger charge is -2.16. The molecule has 0 spiro atoms. The van der Waals surface area contributed by atoms with Crippen molar-refractivity contribution in [1.82, 2.24) is 0 Å². The Bertz CT molecular complexity index is 1060. The van der Waals surface area contributed by atoms with Gasteiger partial charge in [0, 0.05) is 22.5 Å². The summed E-state index contributed by atoms with van der Waals surface area (Å²) in [4.78, 5) is 1.23. The molecule has 1 saturated heterocycles. The molecule has 190 valence electrons. The summed E-state index contributed by atoms with van der Waals surface area (Å²) in [5.41, 5.74) is 3.47. The van der Waals surface area contributed by atoms with Crippen LogP contribution in [0.4, 0.5) is 0 Å². The predicted octanol–water partition coefficient (Wildman–Crippen LogP) is 8.00. The molecule has 2 aromatic carbocycles. The smallest absolute Gasteiger partial charge is 0.163 e. The van der Waals surface area contributed by atoms with Crippen molar-refractivity contribution in [2.75, 3.05) is 12.4 Å². The summed E-state index contributed by atoms with van der Waals surface area (Å²) in [5, 5.41) is 10.3. The first kappa shape index (κ1) is 26.3. The molecule has 5 heteroatoms. The van der Waals surface area contributed by atoms with Gasteiger partial charge < -0.3 is 19.0 Å². The topological polar surface area (TPSA) is 51.8 Å². The minimum Gasteiger partial charge on any atom is -0.456 e. The Balaban J connectivity index is 1.30. The van der Waals surface area contributed by atoms with E-state index in [1.165, 1.54) is 29.7 Å². The van der Waals surface area contributed by atoms with Crippen molar-refractivity contribution in [3.8, 4) is 11.3 Å². The fraction of sp³-hybridized carbons (Fsp3) is 0.533. The minimum atomic E-state index is -0.532. The molecule has 0 radical (unpaired) electrons. The largest absolute Gasteiger partial charge is 0.456 e. The van der Waals surface area contributed by atoms with Crippen LogP contribution in [0.2, 0.25) is 0 Å². The molecule has 0 bridgehead atoms. The van der Waals surface area contributed by atoms with Gasteiger partial charge in [0.15, 0.2) is 5.79 Å². The number of benzene rings is 2. The van der Waals surface area contributed by atoms with Crippen LogP contribution in [0.3, 0.4) is 0 Å². The first-order valence-corrected chi connectivity index (χ1v) is 14.2. The lowest BCUT2D eigenvalue weighted by molar-refractivity contribution is -0.147. The van der Waals surface area contributed by atoms with Gasteiger partial charge in [0.25, 0.3) is 0 Å². The van der Waals surface area contributed by atoms with Crippen LogP contribution < -0.4 is 0 Å². The Morgan fingerprint density at radius 3 is 2.34 bits per heavy atom. The Morgan fingerprint density at radius 2 is 1.63 bits per heavy atom. The standard InChI is InChI=1S/C30H40O4S/c1-4-5-6-9-22-12-14-23(15-13-22)28-20-24-16-17-25(21-29(24)32-28)35-19-8-11-27-26(10-7-18-31)33-30(2,3)34-27/h12-17,20-21,26-27,31H,4-11,18-19H2,1-3H3. The summed E-state index contributed by atoms with van der Waals surface area (Å²) in [5.74, 6) is 1.41. The van der Waals surface area contributed by atoms with Gasteiger partial charge in [-0.05, 0) is 88.0 Å². The normalized spacial score (nSPS) is 19.5. The van der Waals surface area contributed by atoms with E-state index in [0.717, 1.165) is 60.1 Å². The monoisotopic (exact) mass is 496 g/mol. The molecule has 1 aliphatic rings. The Morgan fingerprint density at radius 1 is 0.886 bits per heavy atom. The third-order valence-corrected chi connectivity index (χ3v) is 7.71. The maximum absolute atomic E-state index is 9.16. The highest BCUT2D eigenvalue weighted by Gasteiger charge is 2.40. The number of aliphatic hydroxyl groups is 1. The van der Waals surface area contributed by atoms with Gasteiger partial charge in [-0.1, -0.05) is 44.0 Å². The van der Waals surface area contributed by atoms with Gasteiger partial charge in [0.05, 0.1) is 12.2 Å². The highest BCUT2D eigenvalue weighted by atomic mass is 32.2. The van der Waals surface area contributed by atoms with Crippen molar-refractivity contribution in [2.45, 2.75) is 95.0 Å². The van der Waals surface area contributed by atoms with Crippen LogP contribution in [-0.4, -0.2) is 35.5 Å². The molecule has 2 unspecified atom stereocenters. The van der Waals surface area contributed by atoms with E-state index < -0.39 is 5.79 Å². The van der Waals surface area contributed by atoms with Gasteiger partial charge in [-0.25, -0.2) is 0 Å². The molecule has 1 aromatic heterocycles. The van der Waals surface area contributed by atoms with Crippen LogP contribution in [0.15, 0.2) is 57.8 Å². The molecule has 4 nitrogen and oxygen atoms in total. The molecule has 1 fully saturated rings. The number of hydrogen-bond acceptors (Lipinski definition) is 5. The fourth-order valence-electron chi connectivity index (χ4n) is 4.82. The summed E-state index contributed by atoms with van der Waals surface area (Å²) >= 11 is 1.86. The molecule has 3 aromatic rings. The zero-order chi connectivity index (χ0) is 24.7. The van der Waals surface area contributed by atoms with E-state index in [2.05, 4.69) is 55.5 Å². The fourth-order valence-corrected chi connectivity index (χ4v) is 5.72. The van der Waals surface area contributed by atoms with Crippen molar-refractivity contribution in [2.24, 2.45) is 0 Å². The molecule has 0 amide bonds. The van der Waals surface area contributed by atoms with E-state index in [1.807, 2.05) is 25.6 Å². The van der Waals surface area contributed by atoms with Crippen LogP contribution in [0, 0.1) is 0 Å². The summed E-state index contributed by atoms with van der Waals surface area (Å²) in [7, 11) is 0. The Kier molecular flexibility index (Phi) is 9.34. The van der Waals surface area contributed by atoms with E-state index in [-0.39, 0.29) is 18.8 Å². The van der Waals surface area contributed by atoms with Crippen molar-refractivity contribution in [3.63, 3.8) is 0 Å². The quantitative estimate of drug-likeness (QED) is 0.192. The highest BCUT2D eigenvalue weighted by molar-refractivity contribution is 7.99. The molecule has 4 rings (SSSR count). The van der Waals surface area contributed by atoms with Crippen LogP contribution >= 0.6 is 11.8 Å². The molecule has 2 atom stereocenters. The predicted molar refractivity (Wildman–Crippen MR) is 145 cm³/mol. The molecule has 35 heavy (non-hydrogen) atoms. The zero-order valence-corrected chi connectivity index (χ0v) is 22.2. The SMILES string of the molecule is CCCCCc1ccc(-c2cc3ccc(SCCCC4OC(C)(C)OC4CCCO)cc3o2)cc1. The number of thioether (sulfide) groups is 1. The van der Waals surface area contributed by atoms with Crippen molar-refractivity contribution >= 4 is 22.7 Å². The van der Waals surface area contributed by atoms with Crippen LogP contribution in [-0.2, 0) is 15.9 Å². The van der Waals surface area contributed by atoms with Gasteiger partial charge >= 0.3 is 0 Å². The lowest BCUT2D eigenvalue weighted by Crippen LogP contribution is -2.23. The number of furan rings is 1. The van der Waals surface area contributed by atoms with Gasteiger partial charge in [-0.3, -0.25) is 0 Å². The van der Waals surface area contributed by atoms with Crippen LogP contribution in [0.1, 0.15) is 71.3 Å². The summed E-state index contributed by atoms with van der Waals surface area (Å²) < 4.78 is 18.4. The van der Waals surface area contributed by atoms with E-state index in [0.29, 0.717) is 0 Å². The molecular weight excluding hydrogens is 456 g/mol. The number of unbranched alkanes of at least 4 members (excludes halogenated alkanes) is 2. The number of rotatable bonds is 13. The maximum atomic E-state index is 9.16. The third kappa shape index (κ3) is 7.36. The zero-order valence-electron chi connectivity index (χ0n) is 21.4. The van der Waals surface area contributed by atoms with Gasteiger partial charge in [0.1, 0.15) is 11.3 Å². The summed E-state index contributed by atoms with van der Waals surface area (Å²) in [6, 6.07) is 17.5. The number of fused-ring (bicyclic) bond motifs is 1. The Hall–Kier alpha value is -1.79.